The Morgan fingerprint density at radius 3 is 2.81 bits per heavy atom. The second kappa shape index (κ2) is 5.30. The Hall–Kier alpha value is -1.09. The van der Waals surface area contributed by atoms with Crippen LogP contribution in [0.5, 0.6) is 0 Å². The molecule has 16 heavy (non-hydrogen) atoms. The van der Waals surface area contributed by atoms with Gasteiger partial charge in [-0.1, -0.05) is 6.07 Å². The van der Waals surface area contributed by atoms with E-state index in [1.165, 1.54) is 18.9 Å². The van der Waals surface area contributed by atoms with Gasteiger partial charge in [0.15, 0.2) is 0 Å². The van der Waals surface area contributed by atoms with E-state index in [9.17, 15) is 4.39 Å². The van der Waals surface area contributed by atoms with Gasteiger partial charge in [-0.25, -0.2) is 4.39 Å². The lowest BCUT2D eigenvalue weighted by atomic mass is 9.97. The predicted molar refractivity (Wildman–Crippen MR) is 65.3 cm³/mol. The summed E-state index contributed by atoms with van der Waals surface area (Å²) < 4.78 is 13.1. The molecule has 2 rings (SSSR count). The van der Waals surface area contributed by atoms with Crippen LogP contribution in [0.4, 0.5) is 10.1 Å². The maximum atomic E-state index is 13.1. The fourth-order valence-corrected chi connectivity index (χ4v) is 2.27. The van der Waals surface area contributed by atoms with Crippen molar-refractivity contribution in [3.8, 4) is 0 Å². The minimum atomic E-state index is -0.158. The largest absolute Gasteiger partial charge is 0.374 e. The Balaban J connectivity index is 1.94. The first-order chi connectivity index (χ1) is 7.75. The molecule has 0 unspecified atom stereocenters. The molecule has 3 heteroatoms. The van der Waals surface area contributed by atoms with Crippen molar-refractivity contribution < 1.29 is 4.39 Å². The molecule has 0 atom stereocenters. The van der Waals surface area contributed by atoms with Crippen LogP contribution in [0.15, 0.2) is 24.3 Å². The van der Waals surface area contributed by atoms with E-state index in [4.69, 9.17) is 0 Å². The molecule has 0 aromatic heterocycles. The number of halogens is 1. The lowest BCUT2D eigenvalue weighted by molar-refractivity contribution is 0.378. The van der Waals surface area contributed by atoms with Gasteiger partial charge in [-0.15, -0.1) is 0 Å². The number of nitrogens with one attached hydrogen (secondary N) is 1. The monoisotopic (exact) mass is 222 g/mol. The van der Waals surface area contributed by atoms with Crippen LogP contribution < -0.4 is 10.2 Å². The van der Waals surface area contributed by atoms with Crippen LogP contribution in [0.1, 0.15) is 12.8 Å². The van der Waals surface area contributed by atoms with Gasteiger partial charge >= 0.3 is 0 Å². The van der Waals surface area contributed by atoms with Gasteiger partial charge in [-0.3, -0.25) is 0 Å². The molecule has 88 valence electrons. The first kappa shape index (κ1) is 11.4. The van der Waals surface area contributed by atoms with E-state index in [0.717, 1.165) is 31.2 Å². The number of anilines is 1. The number of rotatable bonds is 3. The minimum Gasteiger partial charge on any atom is -0.374 e. The van der Waals surface area contributed by atoms with Crippen molar-refractivity contribution in [2.75, 3.05) is 31.6 Å². The molecule has 1 saturated heterocycles. The minimum absolute atomic E-state index is 0.158. The summed E-state index contributed by atoms with van der Waals surface area (Å²) in [4.78, 5) is 2.15. The fourth-order valence-electron chi connectivity index (χ4n) is 2.27. The summed E-state index contributed by atoms with van der Waals surface area (Å²) in [6.45, 7) is 3.24. The highest BCUT2D eigenvalue weighted by Crippen LogP contribution is 2.18. The van der Waals surface area contributed by atoms with Gasteiger partial charge < -0.3 is 10.2 Å². The fraction of sp³-hybridized carbons (Fsp3) is 0.538. The number of hydrogen-bond acceptors (Lipinski definition) is 2. The number of piperidine rings is 1. The molecule has 0 spiro atoms. The van der Waals surface area contributed by atoms with Crippen molar-refractivity contribution in [3.63, 3.8) is 0 Å². The maximum absolute atomic E-state index is 13.1. The van der Waals surface area contributed by atoms with Gasteiger partial charge in [0.1, 0.15) is 5.82 Å². The first-order valence-corrected chi connectivity index (χ1v) is 5.93. The second-order valence-corrected chi connectivity index (χ2v) is 4.55. The van der Waals surface area contributed by atoms with Crippen LogP contribution in [0, 0.1) is 11.7 Å². The van der Waals surface area contributed by atoms with Crippen molar-refractivity contribution in [1.29, 1.82) is 0 Å². The highest BCUT2D eigenvalue weighted by molar-refractivity contribution is 5.45. The highest BCUT2D eigenvalue weighted by atomic mass is 19.1. The average molecular weight is 222 g/mol. The second-order valence-electron chi connectivity index (χ2n) is 4.55. The Kier molecular flexibility index (Phi) is 3.78. The van der Waals surface area contributed by atoms with Crippen LogP contribution in [-0.4, -0.2) is 26.7 Å². The third-order valence-corrected chi connectivity index (χ3v) is 3.24. The molecule has 1 aromatic carbocycles. The molecular weight excluding hydrogens is 203 g/mol. The van der Waals surface area contributed by atoms with Gasteiger partial charge in [0.25, 0.3) is 0 Å². The normalized spacial score (nSPS) is 17.4. The van der Waals surface area contributed by atoms with Crippen LogP contribution >= 0.6 is 0 Å². The summed E-state index contributed by atoms with van der Waals surface area (Å²) in [6.07, 6.45) is 2.44. The third-order valence-electron chi connectivity index (χ3n) is 3.24. The van der Waals surface area contributed by atoms with Crippen molar-refractivity contribution in [1.82, 2.24) is 5.32 Å². The third kappa shape index (κ3) is 2.95. The molecule has 1 aromatic rings. The van der Waals surface area contributed by atoms with Crippen molar-refractivity contribution in [3.05, 3.63) is 30.1 Å². The summed E-state index contributed by atoms with van der Waals surface area (Å²) in [5.41, 5.74) is 0.971. The van der Waals surface area contributed by atoms with E-state index in [1.54, 1.807) is 12.1 Å². The van der Waals surface area contributed by atoms with Gasteiger partial charge in [0.05, 0.1) is 0 Å². The van der Waals surface area contributed by atoms with Gasteiger partial charge in [-0.2, -0.15) is 0 Å². The van der Waals surface area contributed by atoms with Crippen LogP contribution in [-0.2, 0) is 0 Å². The quantitative estimate of drug-likeness (QED) is 0.844. The molecular formula is C13H19FN2. The zero-order valence-corrected chi connectivity index (χ0v) is 9.75. The van der Waals surface area contributed by atoms with E-state index in [-0.39, 0.29) is 5.82 Å². The maximum Gasteiger partial charge on any atom is 0.125 e. The van der Waals surface area contributed by atoms with E-state index in [2.05, 4.69) is 10.2 Å². The van der Waals surface area contributed by atoms with E-state index in [1.807, 2.05) is 13.1 Å². The van der Waals surface area contributed by atoms with Gasteiger partial charge in [0, 0.05) is 19.3 Å². The Bertz CT molecular complexity index is 334. The molecule has 1 heterocycles. The summed E-state index contributed by atoms with van der Waals surface area (Å²) in [5.74, 6) is 0.573. The number of hydrogen-bond donors (Lipinski definition) is 1. The SMILES string of the molecule is CN(CC1CCNCC1)c1cccc(F)c1. The van der Waals surface area contributed by atoms with Crippen LogP contribution in [0.25, 0.3) is 0 Å². The first-order valence-electron chi connectivity index (χ1n) is 5.93. The zero-order valence-electron chi connectivity index (χ0n) is 9.75. The van der Waals surface area contributed by atoms with Crippen LogP contribution in [0.2, 0.25) is 0 Å². The Morgan fingerprint density at radius 2 is 2.12 bits per heavy atom. The van der Waals surface area contributed by atoms with Crippen molar-refractivity contribution in [2.45, 2.75) is 12.8 Å². The molecule has 0 saturated carbocycles. The van der Waals surface area contributed by atoms with Gasteiger partial charge in [-0.05, 0) is 50.0 Å². The van der Waals surface area contributed by atoms with E-state index in [0.29, 0.717) is 0 Å². The molecule has 1 aliphatic heterocycles. The molecule has 1 aliphatic rings. The zero-order chi connectivity index (χ0) is 11.4. The van der Waals surface area contributed by atoms with Crippen LogP contribution in [0.3, 0.4) is 0 Å². The molecule has 1 N–H and O–H groups in total. The standard InChI is InChI=1S/C13H19FN2/c1-16(10-11-5-7-15-8-6-11)13-4-2-3-12(14)9-13/h2-4,9,11,15H,5-8,10H2,1H3. The average Bonchev–Trinajstić information content (AvgIpc) is 2.30. The number of nitrogens with zero attached hydrogens (tertiary/aromatic N) is 1. The molecule has 1 fully saturated rings. The molecule has 0 bridgehead atoms. The Labute approximate surface area is 96.5 Å². The molecule has 0 radical (unpaired) electrons. The highest BCUT2D eigenvalue weighted by Gasteiger charge is 2.15. The topological polar surface area (TPSA) is 15.3 Å². The smallest absolute Gasteiger partial charge is 0.125 e. The molecule has 0 aliphatic carbocycles. The van der Waals surface area contributed by atoms with Crippen molar-refractivity contribution in [2.24, 2.45) is 5.92 Å². The molecule has 2 nitrogen and oxygen atoms in total. The lowest BCUT2D eigenvalue weighted by Gasteiger charge is -2.28. The number of benzene rings is 1. The molecule has 0 amide bonds. The summed E-state index contributed by atoms with van der Waals surface area (Å²) in [7, 11) is 2.04. The predicted octanol–water partition coefficient (Wildman–Crippen LogP) is 2.26. The van der Waals surface area contributed by atoms with Gasteiger partial charge in [0.2, 0.25) is 0 Å². The summed E-state index contributed by atoms with van der Waals surface area (Å²) >= 11 is 0. The Morgan fingerprint density at radius 1 is 1.38 bits per heavy atom. The van der Waals surface area contributed by atoms with E-state index < -0.39 is 0 Å². The summed E-state index contributed by atoms with van der Waals surface area (Å²) in [6, 6.07) is 6.82. The van der Waals surface area contributed by atoms with Crippen molar-refractivity contribution >= 4 is 5.69 Å². The van der Waals surface area contributed by atoms with E-state index >= 15 is 0 Å². The lowest BCUT2D eigenvalue weighted by Crippen LogP contribution is -2.34. The summed E-state index contributed by atoms with van der Waals surface area (Å²) in [5, 5.41) is 3.36.